The molecule has 0 aliphatic rings. The van der Waals surface area contributed by atoms with Gasteiger partial charge < -0.3 is 4.74 Å². The normalized spacial score (nSPS) is 10.7. The molecule has 21 heavy (non-hydrogen) atoms. The smallest absolute Gasteiger partial charge is 0.264 e. The number of anilines is 1. The molecule has 0 aliphatic heterocycles. The van der Waals surface area contributed by atoms with Gasteiger partial charge in [-0.15, -0.1) is 11.3 Å². The number of aromatic nitrogens is 1. The molecule has 0 fully saturated rings. The van der Waals surface area contributed by atoms with E-state index >= 15 is 0 Å². The van der Waals surface area contributed by atoms with Crippen LogP contribution in [0.4, 0.5) is 5.13 Å². The Kier molecular flexibility index (Phi) is 4.96. The Labute approximate surface area is 129 Å². The summed E-state index contributed by atoms with van der Waals surface area (Å²) in [7, 11) is 0. The maximum absolute atomic E-state index is 11.9. The van der Waals surface area contributed by atoms with Crippen LogP contribution in [0.5, 0.6) is 5.75 Å². The summed E-state index contributed by atoms with van der Waals surface area (Å²) in [6.07, 6.45) is 0. The van der Waals surface area contributed by atoms with E-state index in [4.69, 9.17) is 4.74 Å². The number of benzene rings is 1. The second kappa shape index (κ2) is 6.72. The average molecular weight is 304 g/mol. The van der Waals surface area contributed by atoms with Crippen molar-refractivity contribution in [3.63, 3.8) is 0 Å². The average Bonchev–Trinajstić information content (AvgIpc) is 2.82. The fraction of sp³-hybridized carbons (Fsp3) is 0.375. The molecule has 0 spiro atoms. The zero-order valence-corrected chi connectivity index (χ0v) is 13.6. The molecule has 1 N–H and O–H groups in total. The predicted molar refractivity (Wildman–Crippen MR) is 86.2 cm³/mol. The van der Waals surface area contributed by atoms with Crippen molar-refractivity contribution in [1.82, 2.24) is 4.98 Å². The molecule has 2 rings (SSSR count). The summed E-state index contributed by atoms with van der Waals surface area (Å²) in [6, 6.07) is 6.11. The van der Waals surface area contributed by atoms with E-state index in [2.05, 4.69) is 30.2 Å². The van der Waals surface area contributed by atoms with Crippen molar-refractivity contribution in [3.05, 3.63) is 40.4 Å². The van der Waals surface area contributed by atoms with Crippen LogP contribution < -0.4 is 10.1 Å². The Hall–Kier alpha value is -1.88. The lowest BCUT2D eigenvalue weighted by atomic mass is 10.0. The molecule has 1 amide bonds. The molecule has 0 unspecified atom stereocenters. The van der Waals surface area contributed by atoms with Crippen molar-refractivity contribution in [3.8, 4) is 5.75 Å². The predicted octanol–water partition coefficient (Wildman–Crippen LogP) is 3.90. The third-order valence-corrected chi connectivity index (χ3v) is 3.98. The van der Waals surface area contributed by atoms with E-state index in [1.54, 1.807) is 0 Å². The van der Waals surface area contributed by atoms with E-state index in [1.807, 2.05) is 31.4 Å². The van der Waals surface area contributed by atoms with Gasteiger partial charge in [0.15, 0.2) is 11.7 Å². The van der Waals surface area contributed by atoms with Crippen molar-refractivity contribution in [2.45, 2.75) is 33.6 Å². The van der Waals surface area contributed by atoms with E-state index in [9.17, 15) is 4.79 Å². The Balaban J connectivity index is 1.96. The summed E-state index contributed by atoms with van der Waals surface area (Å²) in [6.45, 7) is 8.11. The van der Waals surface area contributed by atoms with Crippen LogP contribution in [0.1, 0.15) is 36.6 Å². The molecular formula is C16H20N2O2S. The Bertz CT molecular complexity index is 635. The largest absolute Gasteiger partial charge is 0.483 e. The highest BCUT2D eigenvalue weighted by Gasteiger charge is 2.09. The topological polar surface area (TPSA) is 51.2 Å². The summed E-state index contributed by atoms with van der Waals surface area (Å²) < 4.78 is 5.63. The number of aryl methyl sites for hydroxylation is 2. The molecule has 0 bridgehead atoms. The summed E-state index contributed by atoms with van der Waals surface area (Å²) in [5.74, 6) is 0.991. The van der Waals surface area contributed by atoms with Gasteiger partial charge in [0.1, 0.15) is 5.75 Å². The molecule has 4 nitrogen and oxygen atoms in total. The fourth-order valence-electron chi connectivity index (χ4n) is 1.84. The SMILES string of the molecule is Cc1csc(NC(=O)COc2cc(C(C)C)ccc2C)n1. The van der Waals surface area contributed by atoms with Crippen LogP contribution >= 0.6 is 11.3 Å². The number of rotatable bonds is 5. The van der Waals surface area contributed by atoms with E-state index < -0.39 is 0 Å². The standard InChI is InChI=1S/C16H20N2O2S/c1-10(2)13-6-5-11(3)14(7-13)20-8-15(19)18-16-17-12(4)9-21-16/h5-7,9-10H,8H2,1-4H3,(H,17,18,19). The summed E-state index contributed by atoms with van der Waals surface area (Å²) >= 11 is 1.41. The van der Waals surface area contributed by atoms with E-state index in [0.29, 0.717) is 11.0 Å². The number of carbonyl (C=O) groups is 1. The van der Waals surface area contributed by atoms with Crippen LogP contribution in [0.3, 0.4) is 0 Å². The third kappa shape index (κ3) is 4.29. The Morgan fingerprint density at radius 1 is 1.38 bits per heavy atom. The van der Waals surface area contributed by atoms with E-state index in [1.165, 1.54) is 16.9 Å². The molecule has 0 radical (unpaired) electrons. The molecule has 1 aromatic carbocycles. The molecule has 1 heterocycles. The minimum absolute atomic E-state index is 0.0129. The van der Waals surface area contributed by atoms with Crippen LogP contribution in [-0.4, -0.2) is 17.5 Å². The van der Waals surface area contributed by atoms with Crippen molar-refractivity contribution >= 4 is 22.4 Å². The van der Waals surface area contributed by atoms with Gasteiger partial charge in [0.05, 0.1) is 5.69 Å². The lowest BCUT2D eigenvalue weighted by molar-refractivity contribution is -0.118. The van der Waals surface area contributed by atoms with E-state index in [-0.39, 0.29) is 12.5 Å². The number of hydrogen-bond acceptors (Lipinski definition) is 4. The molecular weight excluding hydrogens is 284 g/mol. The monoisotopic (exact) mass is 304 g/mol. The molecule has 0 atom stereocenters. The van der Waals surface area contributed by atoms with Gasteiger partial charge in [0.25, 0.3) is 5.91 Å². The van der Waals surface area contributed by atoms with Crippen LogP contribution in [0.25, 0.3) is 0 Å². The van der Waals surface area contributed by atoms with Gasteiger partial charge in [-0.3, -0.25) is 10.1 Å². The molecule has 5 heteroatoms. The second-order valence-corrected chi connectivity index (χ2v) is 6.17. The first-order valence-electron chi connectivity index (χ1n) is 6.91. The van der Waals surface area contributed by atoms with Crippen molar-refractivity contribution < 1.29 is 9.53 Å². The number of amides is 1. The van der Waals surface area contributed by atoms with Crippen molar-refractivity contribution in [1.29, 1.82) is 0 Å². The minimum Gasteiger partial charge on any atom is -0.483 e. The number of nitrogens with one attached hydrogen (secondary N) is 1. The van der Waals surface area contributed by atoms with Gasteiger partial charge in [0, 0.05) is 5.38 Å². The highest BCUT2D eigenvalue weighted by atomic mass is 32.1. The molecule has 0 aliphatic carbocycles. The summed E-state index contributed by atoms with van der Waals surface area (Å²) in [5.41, 5.74) is 3.13. The highest BCUT2D eigenvalue weighted by molar-refractivity contribution is 7.13. The number of hydrogen-bond donors (Lipinski definition) is 1. The van der Waals surface area contributed by atoms with Crippen LogP contribution in [0.2, 0.25) is 0 Å². The van der Waals surface area contributed by atoms with Gasteiger partial charge in [-0.05, 0) is 37.0 Å². The van der Waals surface area contributed by atoms with Crippen LogP contribution in [0.15, 0.2) is 23.6 Å². The first kappa shape index (κ1) is 15.5. The molecule has 1 aromatic heterocycles. The van der Waals surface area contributed by atoms with Crippen molar-refractivity contribution in [2.75, 3.05) is 11.9 Å². The van der Waals surface area contributed by atoms with Gasteiger partial charge in [-0.25, -0.2) is 4.98 Å². The first-order valence-corrected chi connectivity index (χ1v) is 7.79. The van der Waals surface area contributed by atoms with Gasteiger partial charge in [0.2, 0.25) is 0 Å². The Morgan fingerprint density at radius 2 is 2.14 bits per heavy atom. The zero-order valence-electron chi connectivity index (χ0n) is 12.8. The van der Waals surface area contributed by atoms with Crippen LogP contribution in [-0.2, 0) is 4.79 Å². The van der Waals surface area contributed by atoms with Crippen LogP contribution in [0, 0.1) is 13.8 Å². The highest BCUT2D eigenvalue weighted by Crippen LogP contribution is 2.24. The second-order valence-electron chi connectivity index (χ2n) is 5.31. The van der Waals surface area contributed by atoms with Gasteiger partial charge in [-0.1, -0.05) is 26.0 Å². The maximum Gasteiger partial charge on any atom is 0.264 e. The number of thiazole rings is 1. The number of ether oxygens (including phenoxy) is 1. The van der Waals surface area contributed by atoms with E-state index in [0.717, 1.165) is 17.0 Å². The summed E-state index contributed by atoms with van der Waals surface area (Å²) in [5, 5.41) is 5.23. The quantitative estimate of drug-likeness (QED) is 0.911. The molecule has 112 valence electrons. The molecule has 0 saturated carbocycles. The lowest BCUT2D eigenvalue weighted by Gasteiger charge is -2.12. The Morgan fingerprint density at radius 3 is 2.76 bits per heavy atom. The fourth-order valence-corrected chi connectivity index (χ4v) is 2.55. The third-order valence-electron chi connectivity index (χ3n) is 3.10. The minimum atomic E-state index is -0.196. The number of nitrogens with zero attached hydrogens (tertiary/aromatic N) is 1. The lowest BCUT2D eigenvalue weighted by Crippen LogP contribution is -2.20. The summed E-state index contributed by atoms with van der Waals surface area (Å²) in [4.78, 5) is 16.0. The first-order chi connectivity index (χ1) is 9.95. The zero-order chi connectivity index (χ0) is 15.4. The number of carbonyl (C=O) groups excluding carboxylic acids is 1. The maximum atomic E-state index is 11.9. The molecule has 2 aromatic rings. The van der Waals surface area contributed by atoms with Gasteiger partial charge >= 0.3 is 0 Å². The van der Waals surface area contributed by atoms with Crippen molar-refractivity contribution in [2.24, 2.45) is 0 Å². The molecule has 0 saturated heterocycles. The van der Waals surface area contributed by atoms with Gasteiger partial charge in [-0.2, -0.15) is 0 Å².